The number of hydrogen-bond donors (Lipinski definition) is 2. The molecule has 0 amide bonds. The molecule has 0 bridgehead atoms. The van der Waals surface area contributed by atoms with E-state index in [9.17, 15) is 0 Å². The molecule has 1 aromatic rings. The average Bonchev–Trinajstić information content (AvgIpc) is 2.36. The predicted molar refractivity (Wildman–Crippen MR) is 35.0 cm³/mol. The highest BCUT2D eigenvalue weighted by Gasteiger charge is 2.06. The van der Waals surface area contributed by atoms with Gasteiger partial charge in [-0.15, -0.1) is 5.10 Å². The van der Waals surface area contributed by atoms with Crippen LogP contribution in [0.15, 0.2) is 6.33 Å². The Morgan fingerprint density at radius 1 is 1.80 bits per heavy atom. The van der Waals surface area contributed by atoms with E-state index in [0.29, 0.717) is 0 Å². The highest BCUT2D eigenvalue weighted by Crippen LogP contribution is 1.83. The van der Waals surface area contributed by atoms with E-state index in [-0.39, 0.29) is 6.61 Å². The summed E-state index contributed by atoms with van der Waals surface area (Å²) in [6, 6.07) is 0. The minimum Gasteiger partial charge on any atom is -0.385 e. The maximum absolute atomic E-state index is 8.74. The predicted octanol–water partition coefficient (Wildman–Crippen LogP) is -0.400. The fraction of sp³-hybridized carbons (Fsp3) is 0.667. The van der Waals surface area contributed by atoms with Crippen LogP contribution in [0, 0.1) is 0 Å². The zero-order chi connectivity index (χ0) is 7.40. The maximum atomic E-state index is 8.74. The molecular weight excluding hydrogens is 130 g/mol. The van der Waals surface area contributed by atoms with Gasteiger partial charge in [0, 0.05) is 5.10 Å². The van der Waals surface area contributed by atoms with E-state index in [0.717, 1.165) is 18.8 Å². The van der Waals surface area contributed by atoms with Gasteiger partial charge in [-0.3, -0.25) is 0 Å². The number of aryl methyl sites for hydroxylation is 1. The van der Waals surface area contributed by atoms with Gasteiger partial charge in [0.15, 0.2) is 0 Å². The molecule has 0 unspecified atom stereocenters. The lowest BCUT2D eigenvalue weighted by atomic mass is 10.4. The maximum Gasteiger partial charge on any atom is 0.265 e. The Bertz CT molecular complexity index is 197. The summed E-state index contributed by atoms with van der Waals surface area (Å²) in [5, 5.41) is 15.2. The number of nitrogens with one attached hydrogen (secondary N) is 1. The first-order valence-electron chi connectivity index (χ1n) is 3.41. The van der Waals surface area contributed by atoms with Crippen LogP contribution < -0.4 is 4.57 Å². The van der Waals surface area contributed by atoms with Crippen LogP contribution in [0.3, 0.4) is 0 Å². The van der Waals surface area contributed by atoms with Crippen molar-refractivity contribution in [3.05, 3.63) is 12.2 Å². The molecule has 1 aromatic heterocycles. The van der Waals surface area contributed by atoms with Gasteiger partial charge in [0.05, 0.1) is 6.54 Å². The fourth-order valence-corrected chi connectivity index (χ4v) is 0.867. The van der Waals surface area contributed by atoms with Crippen molar-refractivity contribution in [3.8, 4) is 0 Å². The molecule has 0 saturated heterocycles. The van der Waals surface area contributed by atoms with E-state index >= 15 is 0 Å². The largest absolute Gasteiger partial charge is 0.385 e. The second kappa shape index (κ2) is 3.31. The first-order chi connectivity index (χ1) is 4.88. The highest BCUT2D eigenvalue weighted by atomic mass is 16.3. The van der Waals surface area contributed by atoms with E-state index in [1.165, 1.54) is 0 Å². The van der Waals surface area contributed by atoms with Crippen molar-refractivity contribution >= 4 is 0 Å². The molecule has 0 aliphatic carbocycles. The number of aromatic amines is 1. The van der Waals surface area contributed by atoms with Gasteiger partial charge in [-0.25, -0.2) is 4.57 Å². The molecule has 0 aliphatic rings. The van der Waals surface area contributed by atoms with Crippen molar-refractivity contribution in [1.29, 1.82) is 0 Å². The lowest BCUT2D eigenvalue weighted by Crippen LogP contribution is -2.35. The van der Waals surface area contributed by atoms with Crippen LogP contribution in [0.4, 0.5) is 0 Å². The summed E-state index contributed by atoms with van der Waals surface area (Å²) in [6.07, 6.45) is 2.74. The Morgan fingerprint density at radius 3 is 3.20 bits per heavy atom. The molecule has 2 N–H and O–H groups in total. The van der Waals surface area contributed by atoms with Crippen molar-refractivity contribution in [3.63, 3.8) is 0 Å². The zero-order valence-electron chi connectivity index (χ0n) is 6.04. The molecule has 0 radical (unpaired) electrons. The number of rotatable bonds is 3. The third-order valence-electron chi connectivity index (χ3n) is 1.35. The first kappa shape index (κ1) is 7.21. The van der Waals surface area contributed by atoms with E-state index in [4.69, 9.17) is 5.11 Å². The molecule has 1 rings (SSSR count). The SMILES string of the molecule is CCC[n+]1cn[nH]c1CO. The third-order valence-corrected chi connectivity index (χ3v) is 1.35. The van der Waals surface area contributed by atoms with Crippen LogP contribution in [0.25, 0.3) is 0 Å². The van der Waals surface area contributed by atoms with Crippen LogP contribution >= 0.6 is 0 Å². The molecule has 56 valence electrons. The van der Waals surface area contributed by atoms with Crippen LogP contribution in [0.1, 0.15) is 19.2 Å². The Hall–Kier alpha value is -0.900. The molecule has 0 saturated carbocycles. The molecule has 4 heteroatoms. The average molecular weight is 142 g/mol. The standard InChI is InChI=1S/C6H11N3O/c1-2-3-9-5-7-8-6(9)4-10/h5,10H,2-4H2,1H3/p+1. The van der Waals surface area contributed by atoms with Gasteiger partial charge >= 0.3 is 0 Å². The molecule has 0 spiro atoms. The van der Waals surface area contributed by atoms with E-state index in [2.05, 4.69) is 17.1 Å². The molecule has 0 atom stereocenters. The van der Waals surface area contributed by atoms with Crippen LogP contribution in [-0.2, 0) is 13.2 Å². The summed E-state index contributed by atoms with van der Waals surface area (Å²) in [5.41, 5.74) is 0. The number of aliphatic hydroxyl groups is 1. The number of aliphatic hydroxyl groups excluding tert-OH is 1. The summed E-state index contributed by atoms with van der Waals surface area (Å²) >= 11 is 0. The Labute approximate surface area is 59.5 Å². The normalized spacial score (nSPS) is 10.2. The molecule has 10 heavy (non-hydrogen) atoms. The van der Waals surface area contributed by atoms with Gasteiger partial charge in [-0.05, 0) is 6.42 Å². The monoisotopic (exact) mass is 142 g/mol. The third kappa shape index (κ3) is 1.33. The summed E-state index contributed by atoms with van der Waals surface area (Å²) in [5.74, 6) is 0.766. The van der Waals surface area contributed by atoms with Crippen molar-refractivity contribution in [2.75, 3.05) is 0 Å². The molecule has 0 aromatic carbocycles. The minimum atomic E-state index is 0.0278. The topological polar surface area (TPSA) is 52.8 Å². The first-order valence-corrected chi connectivity index (χ1v) is 3.41. The van der Waals surface area contributed by atoms with Gasteiger partial charge in [0.2, 0.25) is 0 Å². The second-order valence-corrected chi connectivity index (χ2v) is 2.15. The van der Waals surface area contributed by atoms with Crippen molar-refractivity contribution in [1.82, 2.24) is 10.2 Å². The smallest absolute Gasteiger partial charge is 0.265 e. The number of H-pyrrole nitrogens is 1. The molecule has 4 nitrogen and oxygen atoms in total. The Balaban J connectivity index is 2.70. The second-order valence-electron chi connectivity index (χ2n) is 2.15. The summed E-state index contributed by atoms with van der Waals surface area (Å²) < 4.78 is 1.90. The van der Waals surface area contributed by atoms with Gasteiger partial charge in [0.25, 0.3) is 12.2 Å². The van der Waals surface area contributed by atoms with Crippen molar-refractivity contribution in [2.24, 2.45) is 0 Å². The summed E-state index contributed by atoms with van der Waals surface area (Å²) in [4.78, 5) is 0. The zero-order valence-corrected chi connectivity index (χ0v) is 6.04. The van der Waals surface area contributed by atoms with E-state index in [1.807, 2.05) is 4.57 Å². The number of nitrogens with zero attached hydrogens (tertiary/aromatic N) is 2. The van der Waals surface area contributed by atoms with Crippen LogP contribution in [0.5, 0.6) is 0 Å². The van der Waals surface area contributed by atoms with Crippen molar-refractivity contribution in [2.45, 2.75) is 26.5 Å². The Kier molecular flexibility index (Phi) is 2.39. The van der Waals surface area contributed by atoms with Crippen LogP contribution in [-0.4, -0.2) is 15.3 Å². The lowest BCUT2D eigenvalue weighted by molar-refractivity contribution is -0.705. The molecule has 0 fully saturated rings. The molecular formula is C6H12N3O+. The molecule has 0 aliphatic heterocycles. The highest BCUT2D eigenvalue weighted by molar-refractivity contribution is 4.62. The lowest BCUT2D eigenvalue weighted by Gasteiger charge is -1.93. The minimum absolute atomic E-state index is 0.0278. The molecule has 1 heterocycles. The van der Waals surface area contributed by atoms with Crippen molar-refractivity contribution < 1.29 is 9.67 Å². The van der Waals surface area contributed by atoms with E-state index in [1.54, 1.807) is 6.33 Å². The van der Waals surface area contributed by atoms with Crippen LogP contribution in [0.2, 0.25) is 0 Å². The fourth-order valence-electron chi connectivity index (χ4n) is 0.867. The Morgan fingerprint density at radius 2 is 2.60 bits per heavy atom. The van der Waals surface area contributed by atoms with E-state index < -0.39 is 0 Å². The summed E-state index contributed by atoms with van der Waals surface area (Å²) in [7, 11) is 0. The summed E-state index contributed by atoms with van der Waals surface area (Å²) in [6.45, 7) is 3.02. The van der Waals surface area contributed by atoms with Gasteiger partial charge < -0.3 is 5.11 Å². The van der Waals surface area contributed by atoms with Gasteiger partial charge in [-0.1, -0.05) is 6.92 Å². The number of hydrogen-bond acceptors (Lipinski definition) is 2. The quantitative estimate of drug-likeness (QED) is 0.564. The number of aromatic nitrogens is 3. The van der Waals surface area contributed by atoms with Gasteiger partial charge in [-0.2, -0.15) is 0 Å². The van der Waals surface area contributed by atoms with Gasteiger partial charge in [0.1, 0.15) is 6.61 Å².